The van der Waals surface area contributed by atoms with E-state index in [9.17, 15) is 9.18 Å². The van der Waals surface area contributed by atoms with Gasteiger partial charge in [0.05, 0.1) is 16.9 Å². The molecule has 0 aliphatic rings. The first-order chi connectivity index (χ1) is 8.08. The van der Waals surface area contributed by atoms with Crippen molar-refractivity contribution in [2.75, 3.05) is 11.1 Å². The topological polar surface area (TPSA) is 83.8 Å². The Morgan fingerprint density at radius 2 is 2.29 bits per heavy atom. The van der Waals surface area contributed by atoms with E-state index in [4.69, 9.17) is 17.3 Å². The van der Waals surface area contributed by atoms with Gasteiger partial charge in [0.2, 0.25) is 0 Å². The molecule has 1 heterocycles. The fourth-order valence-electron chi connectivity index (χ4n) is 1.24. The standard InChI is InChI=1S/C10H8ClFN4O/c11-6-2-1-5(3-7(6)12)15-10(17)9-8(13)4-14-16-9/h1-4H,13H2,(H,14,16)(H,15,17). The quantitative estimate of drug-likeness (QED) is 0.767. The molecule has 17 heavy (non-hydrogen) atoms. The number of hydrogen-bond acceptors (Lipinski definition) is 3. The number of nitrogens with two attached hydrogens (primary N) is 1. The first-order valence-corrected chi connectivity index (χ1v) is 5.01. The molecular weight excluding hydrogens is 247 g/mol. The fourth-order valence-corrected chi connectivity index (χ4v) is 1.36. The smallest absolute Gasteiger partial charge is 0.275 e. The summed E-state index contributed by atoms with van der Waals surface area (Å²) >= 11 is 5.52. The predicted molar refractivity (Wildman–Crippen MR) is 62.4 cm³/mol. The molecule has 1 aromatic heterocycles. The number of hydrogen-bond donors (Lipinski definition) is 3. The van der Waals surface area contributed by atoms with E-state index in [-0.39, 0.29) is 22.1 Å². The second-order valence-corrected chi connectivity index (χ2v) is 3.69. The van der Waals surface area contributed by atoms with Crippen molar-refractivity contribution in [3.63, 3.8) is 0 Å². The normalized spacial score (nSPS) is 10.2. The van der Waals surface area contributed by atoms with Gasteiger partial charge in [-0.05, 0) is 18.2 Å². The summed E-state index contributed by atoms with van der Waals surface area (Å²) in [6, 6.07) is 3.95. The number of carbonyl (C=O) groups excluding carboxylic acids is 1. The second-order valence-electron chi connectivity index (χ2n) is 3.28. The molecule has 2 rings (SSSR count). The zero-order valence-electron chi connectivity index (χ0n) is 8.50. The fraction of sp³-hybridized carbons (Fsp3) is 0. The Morgan fingerprint density at radius 1 is 1.53 bits per heavy atom. The minimum absolute atomic E-state index is 0.0101. The number of aromatic nitrogens is 2. The molecule has 0 bridgehead atoms. The van der Waals surface area contributed by atoms with E-state index >= 15 is 0 Å². The van der Waals surface area contributed by atoms with Gasteiger partial charge in [-0.15, -0.1) is 0 Å². The van der Waals surface area contributed by atoms with Crippen molar-refractivity contribution in [3.05, 3.63) is 40.9 Å². The summed E-state index contributed by atoms with van der Waals surface area (Å²) < 4.78 is 13.1. The average Bonchev–Trinajstić information content (AvgIpc) is 2.70. The zero-order valence-corrected chi connectivity index (χ0v) is 9.25. The molecule has 0 radical (unpaired) electrons. The molecule has 0 aliphatic heterocycles. The van der Waals surface area contributed by atoms with E-state index in [0.29, 0.717) is 0 Å². The molecule has 4 N–H and O–H groups in total. The van der Waals surface area contributed by atoms with Crippen LogP contribution < -0.4 is 11.1 Å². The molecular formula is C10H8ClFN4O. The van der Waals surface area contributed by atoms with Crippen molar-refractivity contribution in [2.24, 2.45) is 0 Å². The van der Waals surface area contributed by atoms with Crippen LogP contribution >= 0.6 is 11.6 Å². The van der Waals surface area contributed by atoms with Crippen LogP contribution in [-0.4, -0.2) is 16.1 Å². The van der Waals surface area contributed by atoms with Crippen molar-refractivity contribution in [1.82, 2.24) is 10.2 Å². The maximum Gasteiger partial charge on any atom is 0.275 e. The number of anilines is 2. The number of H-pyrrole nitrogens is 1. The van der Waals surface area contributed by atoms with Crippen LogP contribution in [0.5, 0.6) is 0 Å². The number of rotatable bonds is 2. The van der Waals surface area contributed by atoms with Crippen LogP contribution in [-0.2, 0) is 0 Å². The highest BCUT2D eigenvalue weighted by molar-refractivity contribution is 6.30. The second kappa shape index (κ2) is 4.42. The van der Waals surface area contributed by atoms with E-state index in [2.05, 4.69) is 15.5 Å². The van der Waals surface area contributed by atoms with Gasteiger partial charge in [-0.1, -0.05) is 11.6 Å². The summed E-state index contributed by atoms with van der Waals surface area (Å²) in [7, 11) is 0. The van der Waals surface area contributed by atoms with E-state index < -0.39 is 11.7 Å². The van der Waals surface area contributed by atoms with Gasteiger partial charge in [-0.3, -0.25) is 9.89 Å². The Hall–Kier alpha value is -2.08. The van der Waals surface area contributed by atoms with Gasteiger partial charge >= 0.3 is 0 Å². The summed E-state index contributed by atoms with van der Waals surface area (Å²) in [4.78, 5) is 11.7. The summed E-state index contributed by atoms with van der Waals surface area (Å²) in [5.74, 6) is -1.11. The summed E-state index contributed by atoms with van der Waals surface area (Å²) in [5.41, 5.74) is 6.13. The maximum absolute atomic E-state index is 13.1. The minimum Gasteiger partial charge on any atom is -0.396 e. The van der Waals surface area contributed by atoms with Crippen LogP contribution in [0.1, 0.15) is 10.5 Å². The molecule has 0 fully saturated rings. The maximum atomic E-state index is 13.1. The van der Waals surface area contributed by atoms with Gasteiger partial charge in [-0.25, -0.2) is 4.39 Å². The molecule has 0 spiro atoms. The zero-order chi connectivity index (χ0) is 12.4. The molecule has 1 aromatic carbocycles. The molecule has 0 aliphatic carbocycles. The highest BCUT2D eigenvalue weighted by Crippen LogP contribution is 2.19. The van der Waals surface area contributed by atoms with Crippen LogP contribution in [0, 0.1) is 5.82 Å². The summed E-state index contributed by atoms with van der Waals surface area (Å²) in [6.07, 6.45) is 1.32. The van der Waals surface area contributed by atoms with Crippen LogP contribution in [0.15, 0.2) is 24.4 Å². The molecule has 5 nitrogen and oxygen atoms in total. The minimum atomic E-state index is -0.609. The Labute approximate surface area is 101 Å². The number of nitrogens with one attached hydrogen (secondary N) is 2. The third-order valence-electron chi connectivity index (χ3n) is 2.07. The van der Waals surface area contributed by atoms with Gasteiger partial charge in [-0.2, -0.15) is 5.10 Å². The molecule has 7 heteroatoms. The monoisotopic (exact) mass is 254 g/mol. The Balaban J connectivity index is 2.19. The number of nitrogens with zero attached hydrogens (tertiary/aromatic N) is 1. The van der Waals surface area contributed by atoms with E-state index in [0.717, 1.165) is 6.07 Å². The van der Waals surface area contributed by atoms with Crippen LogP contribution in [0.3, 0.4) is 0 Å². The van der Waals surface area contributed by atoms with Crippen LogP contribution in [0.25, 0.3) is 0 Å². The lowest BCUT2D eigenvalue weighted by Crippen LogP contribution is -2.14. The molecule has 2 aromatic rings. The van der Waals surface area contributed by atoms with Crippen molar-refractivity contribution in [3.8, 4) is 0 Å². The molecule has 88 valence electrons. The Kier molecular flexibility index (Phi) is 2.97. The molecule has 0 saturated carbocycles. The van der Waals surface area contributed by atoms with Crippen molar-refractivity contribution in [2.45, 2.75) is 0 Å². The van der Waals surface area contributed by atoms with Gasteiger partial charge < -0.3 is 11.1 Å². The summed E-state index contributed by atoms with van der Waals surface area (Å²) in [5, 5.41) is 8.51. The van der Waals surface area contributed by atoms with Crippen LogP contribution in [0.4, 0.5) is 15.8 Å². The van der Waals surface area contributed by atoms with E-state index in [1.165, 1.54) is 18.3 Å². The average molecular weight is 255 g/mol. The number of amides is 1. The van der Waals surface area contributed by atoms with Gasteiger partial charge in [0.15, 0.2) is 0 Å². The lowest BCUT2D eigenvalue weighted by Gasteiger charge is -2.04. The predicted octanol–water partition coefficient (Wildman–Crippen LogP) is 2.04. The van der Waals surface area contributed by atoms with E-state index in [1.54, 1.807) is 0 Å². The highest BCUT2D eigenvalue weighted by atomic mass is 35.5. The Bertz CT molecular complexity index is 569. The summed E-state index contributed by atoms with van der Waals surface area (Å²) in [6.45, 7) is 0. The number of carbonyl (C=O) groups is 1. The SMILES string of the molecule is Nc1cn[nH]c1C(=O)Nc1ccc(Cl)c(F)c1. The molecule has 1 amide bonds. The van der Waals surface area contributed by atoms with Gasteiger partial charge in [0, 0.05) is 5.69 Å². The van der Waals surface area contributed by atoms with Gasteiger partial charge in [0.25, 0.3) is 5.91 Å². The lowest BCUT2D eigenvalue weighted by atomic mass is 10.3. The lowest BCUT2D eigenvalue weighted by molar-refractivity contribution is 0.102. The molecule has 0 atom stereocenters. The van der Waals surface area contributed by atoms with Crippen molar-refractivity contribution >= 4 is 28.9 Å². The van der Waals surface area contributed by atoms with Gasteiger partial charge in [0.1, 0.15) is 11.5 Å². The third kappa shape index (κ3) is 2.36. The molecule has 0 saturated heterocycles. The van der Waals surface area contributed by atoms with Crippen molar-refractivity contribution < 1.29 is 9.18 Å². The van der Waals surface area contributed by atoms with Crippen molar-refractivity contribution in [1.29, 1.82) is 0 Å². The Morgan fingerprint density at radius 3 is 2.88 bits per heavy atom. The van der Waals surface area contributed by atoms with Crippen LogP contribution in [0.2, 0.25) is 5.02 Å². The highest BCUT2D eigenvalue weighted by Gasteiger charge is 2.12. The largest absolute Gasteiger partial charge is 0.396 e. The number of aromatic amines is 1. The number of benzene rings is 1. The number of halogens is 2. The number of nitrogen functional groups attached to an aromatic ring is 1. The van der Waals surface area contributed by atoms with E-state index in [1.807, 2.05) is 0 Å². The molecule has 0 unspecified atom stereocenters. The third-order valence-corrected chi connectivity index (χ3v) is 2.38. The first kappa shape index (κ1) is 11.4. The first-order valence-electron chi connectivity index (χ1n) is 4.63.